The molecule has 2 aromatic carbocycles. The smallest absolute Gasteiger partial charge is 0.168 e. The van der Waals surface area contributed by atoms with Crippen LogP contribution in [0.4, 0.5) is 0 Å². The molecular weight excluding hydrogens is 255 g/mol. The topological polar surface area (TPSA) is 40.5 Å². The highest BCUT2D eigenvalue weighted by Gasteiger charge is 2.18. The molecule has 0 fully saturated rings. The van der Waals surface area contributed by atoms with Crippen molar-refractivity contribution in [3.63, 3.8) is 0 Å². The van der Waals surface area contributed by atoms with Crippen LogP contribution in [0.3, 0.4) is 0 Å². The van der Waals surface area contributed by atoms with Gasteiger partial charge in [-0.2, -0.15) is 0 Å². The fourth-order valence-electron chi connectivity index (χ4n) is 2.16. The zero-order valence-electron chi connectivity index (χ0n) is 10.8. The van der Waals surface area contributed by atoms with Gasteiger partial charge in [-0.15, -0.1) is 0 Å². The Labute approximate surface area is 115 Å². The fourth-order valence-corrected chi connectivity index (χ4v) is 2.90. The second kappa shape index (κ2) is 7.40. The van der Waals surface area contributed by atoms with Crippen LogP contribution in [0, 0.1) is 0 Å². The number of hydrogen-bond donors (Lipinski definition) is 2. The normalized spacial score (nSPS) is 12.6. The highest BCUT2D eigenvalue weighted by molar-refractivity contribution is 7.45. The second-order valence-corrected chi connectivity index (χ2v) is 6.06. The van der Waals surface area contributed by atoms with E-state index in [9.17, 15) is 9.79 Å². The third-order valence-corrected chi connectivity index (χ3v) is 4.34. The summed E-state index contributed by atoms with van der Waals surface area (Å²) in [5.74, 6) is 0. The van der Waals surface area contributed by atoms with Crippen molar-refractivity contribution in [2.45, 2.75) is 24.9 Å². The quantitative estimate of drug-likeness (QED) is 0.791. The van der Waals surface area contributed by atoms with Crippen molar-refractivity contribution >= 4 is 8.38 Å². The van der Waals surface area contributed by atoms with Crippen LogP contribution in [0.2, 0.25) is 0 Å². The first-order valence-electron chi connectivity index (χ1n) is 6.50. The predicted molar refractivity (Wildman–Crippen MR) is 80.1 cm³/mol. The number of benzene rings is 2. The van der Waals surface area contributed by atoms with Crippen LogP contribution in [0.15, 0.2) is 60.7 Å². The molecule has 0 radical (unpaired) electrons. The molecule has 0 aromatic heterocycles. The summed E-state index contributed by atoms with van der Waals surface area (Å²) in [6.07, 6.45) is 2.42. The maximum Gasteiger partial charge on any atom is 0.168 e. The molecule has 0 aliphatic heterocycles. The second-order valence-electron chi connectivity index (χ2n) is 4.69. The average molecular weight is 274 g/mol. The summed E-state index contributed by atoms with van der Waals surface area (Å²) in [6, 6.07) is 20.2. The summed E-state index contributed by atoms with van der Waals surface area (Å²) in [4.78, 5) is 19.1. The van der Waals surface area contributed by atoms with E-state index in [0.717, 1.165) is 24.8 Å². The standard InChI is InChI=1S/C16H19O2P/c17-19(18)16(13-15-9-5-2-6-10-15)12-11-14-7-3-1-4-8-14/h1-10,16-18H,11-13H2. The van der Waals surface area contributed by atoms with Crippen molar-refractivity contribution in [2.75, 3.05) is 0 Å². The van der Waals surface area contributed by atoms with E-state index in [2.05, 4.69) is 12.1 Å². The van der Waals surface area contributed by atoms with Crippen molar-refractivity contribution in [3.05, 3.63) is 71.8 Å². The molecule has 3 heteroatoms. The van der Waals surface area contributed by atoms with E-state index in [1.807, 2.05) is 48.5 Å². The summed E-state index contributed by atoms with van der Waals surface area (Å²) < 4.78 is 0. The van der Waals surface area contributed by atoms with Crippen molar-refractivity contribution in [2.24, 2.45) is 0 Å². The lowest BCUT2D eigenvalue weighted by Gasteiger charge is -2.18. The van der Waals surface area contributed by atoms with Gasteiger partial charge in [0.05, 0.1) is 0 Å². The highest BCUT2D eigenvalue weighted by atomic mass is 31.2. The van der Waals surface area contributed by atoms with Gasteiger partial charge in [0, 0.05) is 5.66 Å². The predicted octanol–water partition coefficient (Wildman–Crippen LogP) is 3.53. The largest absolute Gasteiger partial charge is 0.350 e. The molecule has 0 saturated carbocycles. The summed E-state index contributed by atoms with van der Waals surface area (Å²) in [7, 11) is -1.88. The molecule has 100 valence electrons. The van der Waals surface area contributed by atoms with Gasteiger partial charge < -0.3 is 9.79 Å². The van der Waals surface area contributed by atoms with Crippen LogP contribution in [-0.2, 0) is 12.8 Å². The molecule has 0 aliphatic rings. The number of aryl methyl sites for hydroxylation is 1. The van der Waals surface area contributed by atoms with E-state index in [-0.39, 0.29) is 5.66 Å². The first kappa shape index (κ1) is 14.2. The maximum atomic E-state index is 9.57. The molecule has 0 bridgehead atoms. The molecule has 2 nitrogen and oxygen atoms in total. The maximum absolute atomic E-state index is 9.57. The van der Waals surface area contributed by atoms with Gasteiger partial charge in [-0.3, -0.25) is 0 Å². The first-order chi connectivity index (χ1) is 9.25. The number of rotatable bonds is 6. The Morgan fingerprint density at radius 2 is 1.32 bits per heavy atom. The Hall–Kier alpha value is -1.21. The molecule has 2 N–H and O–H groups in total. The Kier molecular flexibility index (Phi) is 5.53. The van der Waals surface area contributed by atoms with Crippen molar-refractivity contribution in [1.82, 2.24) is 0 Å². The minimum atomic E-state index is -1.88. The van der Waals surface area contributed by atoms with E-state index in [1.54, 1.807) is 0 Å². The SMILES string of the molecule is OP(O)C(CCc1ccccc1)Cc1ccccc1. The average Bonchev–Trinajstić information content (AvgIpc) is 2.45. The zero-order valence-corrected chi connectivity index (χ0v) is 11.7. The Morgan fingerprint density at radius 3 is 1.84 bits per heavy atom. The molecule has 0 saturated heterocycles. The third kappa shape index (κ3) is 4.76. The summed E-state index contributed by atoms with van der Waals surface area (Å²) in [5, 5.41) is 0. The molecule has 2 rings (SSSR count). The van der Waals surface area contributed by atoms with Crippen LogP contribution < -0.4 is 0 Å². The molecule has 0 heterocycles. The van der Waals surface area contributed by atoms with Gasteiger partial charge in [0.2, 0.25) is 0 Å². The lowest BCUT2D eigenvalue weighted by molar-refractivity contribution is 0.457. The van der Waals surface area contributed by atoms with Crippen molar-refractivity contribution in [1.29, 1.82) is 0 Å². The molecule has 1 unspecified atom stereocenters. The van der Waals surface area contributed by atoms with Crippen LogP contribution in [0.5, 0.6) is 0 Å². The van der Waals surface area contributed by atoms with E-state index in [0.29, 0.717) is 0 Å². The molecule has 1 atom stereocenters. The minimum Gasteiger partial charge on any atom is -0.350 e. The van der Waals surface area contributed by atoms with Crippen LogP contribution in [0.25, 0.3) is 0 Å². The summed E-state index contributed by atoms with van der Waals surface area (Å²) in [6.45, 7) is 0. The van der Waals surface area contributed by atoms with E-state index >= 15 is 0 Å². The fraction of sp³-hybridized carbons (Fsp3) is 0.250. The van der Waals surface area contributed by atoms with E-state index < -0.39 is 8.38 Å². The Bertz CT molecular complexity index is 471. The molecule has 0 aliphatic carbocycles. The van der Waals surface area contributed by atoms with Gasteiger partial charge in [0.25, 0.3) is 0 Å². The van der Waals surface area contributed by atoms with Gasteiger partial charge in [-0.05, 0) is 30.4 Å². The number of hydrogen-bond acceptors (Lipinski definition) is 2. The van der Waals surface area contributed by atoms with Crippen molar-refractivity contribution < 1.29 is 9.79 Å². The van der Waals surface area contributed by atoms with Crippen LogP contribution in [-0.4, -0.2) is 15.4 Å². The Balaban J connectivity index is 1.93. The van der Waals surface area contributed by atoms with Gasteiger partial charge in [0.1, 0.15) is 0 Å². The molecule has 19 heavy (non-hydrogen) atoms. The monoisotopic (exact) mass is 274 g/mol. The third-order valence-electron chi connectivity index (χ3n) is 3.25. The van der Waals surface area contributed by atoms with Crippen molar-refractivity contribution in [3.8, 4) is 0 Å². The molecule has 0 spiro atoms. The van der Waals surface area contributed by atoms with E-state index in [4.69, 9.17) is 0 Å². The highest BCUT2D eigenvalue weighted by Crippen LogP contribution is 2.36. The summed E-state index contributed by atoms with van der Waals surface area (Å²) >= 11 is 0. The first-order valence-corrected chi connectivity index (χ1v) is 7.82. The Morgan fingerprint density at radius 1 is 0.789 bits per heavy atom. The lowest BCUT2D eigenvalue weighted by Crippen LogP contribution is -2.10. The minimum absolute atomic E-state index is 0.0578. The van der Waals surface area contributed by atoms with Gasteiger partial charge in [0.15, 0.2) is 8.38 Å². The summed E-state index contributed by atoms with van der Waals surface area (Å²) in [5.41, 5.74) is 2.35. The van der Waals surface area contributed by atoms with Crippen LogP contribution >= 0.6 is 8.38 Å². The van der Waals surface area contributed by atoms with Gasteiger partial charge in [-0.25, -0.2) is 0 Å². The molecular formula is C16H19O2P. The molecule has 2 aromatic rings. The van der Waals surface area contributed by atoms with Gasteiger partial charge in [-0.1, -0.05) is 60.7 Å². The lowest BCUT2D eigenvalue weighted by atomic mass is 10.0. The van der Waals surface area contributed by atoms with Gasteiger partial charge >= 0.3 is 0 Å². The van der Waals surface area contributed by atoms with Crippen LogP contribution in [0.1, 0.15) is 17.5 Å². The zero-order chi connectivity index (χ0) is 13.5. The molecule has 0 amide bonds. The van der Waals surface area contributed by atoms with E-state index in [1.165, 1.54) is 5.56 Å².